The lowest BCUT2D eigenvalue weighted by Gasteiger charge is -2.03. The molecule has 0 unspecified atom stereocenters. The maximum absolute atomic E-state index is 11.0. The molecule has 0 radical (unpaired) electrons. The van der Waals surface area contributed by atoms with Crippen LogP contribution in [0.4, 0.5) is 0 Å². The van der Waals surface area contributed by atoms with Crippen molar-refractivity contribution in [2.75, 3.05) is 0 Å². The number of nitrogens with zero attached hydrogens (tertiary/aromatic N) is 1. The van der Waals surface area contributed by atoms with Crippen LogP contribution in [-0.2, 0) is 4.79 Å². The number of rotatable bonds is 2. The third kappa shape index (κ3) is 2.70. The molecule has 0 fully saturated rings. The van der Waals surface area contributed by atoms with Crippen molar-refractivity contribution >= 4 is 29.5 Å². The van der Waals surface area contributed by atoms with E-state index in [4.69, 9.17) is 11.6 Å². The van der Waals surface area contributed by atoms with Gasteiger partial charge in [-0.3, -0.25) is 9.78 Å². The van der Waals surface area contributed by atoms with Crippen LogP contribution in [0.25, 0.3) is 12.2 Å². The second-order valence-electron chi connectivity index (χ2n) is 3.83. The Morgan fingerprint density at radius 2 is 2.06 bits per heavy atom. The van der Waals surface area contributed by atoms with Crippen LogP contribution in [0.2, 0.25) is 5.02 Å². The number of pyridine rings is 1. The van der Waals surface area contributed by atoms with Gasteiger partial charge in [-0.05, 0) is 33.3 Å². The van der Waals surface area contributed by atoms with Crippen LogP contribution in [0.3, 0.4) is 0 Å². The lowest BCUT2D eigenvalue weighted by Crippen LogP contribution is -2.31. The minimum absolute atomic E-state index is 0.122. The lowest BCUT2D eigenvalue weighted by molar-refractivity contribution is -0.115. The van der Waals surface area contributed by atoms with Crippen molar-refractivity contribution in [1.82, 2.24) is 4.98 Å². The molecule has 3 heteroatoms. The highest BCUT2D eigenvalue weighted by atomic mass is 35.5. The van der Waals surface area contributed by atoms with Crippen molar-refractivity contribution in [2.45, 2.75) is 34.1 Å². The molecule has 0 bridgehead atoms. The molecule has 0 amide bonds. The fraction of sp³-hybridized carbons (Fsp3) is 0.385. The van der Waals surface area contributed by atoms with Crippen LogP contribution in [0, 0.1) is 13.8 Å². The monoisotopic (exact) mass is 237 g/mol. The molecule has 0 aromatic carbocycles. The van der Waals surface area contributed by atoms with Crippen LogP contribution >= 0.6 is 11.6 Å². The van der Waals surface area contributed by atoms with Gasteiger partial charge in [0.05, 0.1) is 10.4 Å². The van der Waals surface area contributed by atoms with E-state index in [2.05, 4.69) is 4.98 Å². The minimum atomic E-state index is 0.122. The van der Waals surface area contributed by atoms with E-state index in [1.807, 2.05) is 32.9 Å². The fourth-order valence-electron chi connectivity index (χ4n) is 1.46. The van der Waals surface area contributed by atoms with Gasteiger partial charge in [-0.1, -0.05) is 23.8 Å². The van der Waals surface area contributed by atoms with E-state index < -0.39 is 0 Å². The summed E-state index contributed by atoms with van der Waals surface area (Å²) in [5.41, 5.74) is 1.90. The largest absolute Gasteiger partial charge is 0.300 e. The molecule has 0 aliphatic heterocycles. The number of halogens is 1. The molecule has 0 N–H and O–H groups in total. The molecule has 16 heavy (non-hydrogen) atoms. The summed E-state index contributed by atoms with van der Waals surface area (Å²) in [7, 11) is 0. The molecular formula is C13H16ClNO. The van der Waals surface area contributed by atoms with E-state index in [0.717, 1.165) is 21.8 Å². The summed E-state index contributed by atoms with van der Waals surface area (Å²) in [4.78, 5) is 15.4. The fourth-order valence-corrected chi connectivity index (χ4v) is 1.77. The van der Waals surface area contributed by atoms with Crippen molar-refractivity contribution in [3.8, 4) is 0 Å². The molecule has 0 atom stereocenters. The molecule has 1 rings (SSSR count). The zero-order valence-corrected chi connectivity index (χ0v) is 10.9. The van der Waals surface area contributed by atoms with E-state index in [1.165, 1.54) is 0 Å². The molecule has 2 nitrogen and oxygen atoms in total. The molecule has 1 heterocycles. The van der Waals surface area contributed by atoms with E-state index in [1.54, 1.807) is 6.92 Å². The Bertz CT molecular complexity index is 532. The maximum atomic E-state index is 11.0. The van der Waals surface area contributed by atoms with Crippen LogP contribution in [-0.4, -0.2) is 10.8 Å². The first-order valence-electron chi connectivity index (χ1n) is 5.26. The Morgan fingerprint density at radius 3 is 2.56 bits per heavy atom. The Labute approximate surface area is 101 Å². The van der Waals surface area contributed by atoms with Gasteiger partial charge in [-0.15, -0.1) is 0 Å². The van der Waals surface area contributed by atoms with Gasteiger partial charge in [0.1, 0.15) is 5.78 Å². The zero-order chi connectivity index (χ0) is 12.3. The maximum Gasteiger partial charge on any atom is 0.133 e. The second kappa shape index (κ2) is 5.26. The number of ketones is 1. The number of hydrogen-bond acceptors (Lipinski definition) is 2. The van der Waals surface area contributed by atoms with Gasteiger partial charge in [-0.2, -0.15) is 0 Å². The summed E-state index contributed by atoms with van der Waals surface area (Å²) in [5.74, 6) is 0.122. The van der Waals surface area contributed by atoms with E-state index in [0.29, 0.717) is 11.4 Å². The first kappa shape index (κ1) is 12.9. The predicted molar refractivity (Wildman–Crippen MR) is 67.9 cm³/mol. The van der Waals surface area contributed by atoms with Crippen LogP contribution in [0.1, 0.15) is 31.5 Å². The number of carbonyl (C=O) groups excluding carboxylic acids is 1. The van der Waals surface area contributed by atoms with Gasteiger partial charge >= 0.3 is 0 Å². The summed E-state index contributed by atoms with van der Waals surface area (Å²) in [5, 5.41) is 2.40. The van der Waals surface area contributed by atoms with Crippen molar-refractivity contribution in [3.63, 3.8) is 0 Å². The zero-order valence-electron chi connectivity index (χ0n) is 10.1. The first-order chi connectivity index (χ1) is 7.47. The van der Waals surface area contributed by atoms with Crippen molar-refractivity contribution < 1.29 is 4.79 Å². The number of aromatic nitrogens is 1. The Morgan fingerprint density at radius 1 is 1.44 bits per heavy atom. The normalized spacial score (nSPS) is 13.3. The van der Waals surface area contributed by atoms with E-state index in [9.17, 15) is 4.79 Å². The standard InChI is InChI=1S/C13H16ClNO/c1-5-12-11(7-6-8(2)16)13(14)9(3)10(4)15-12/h5,7H,6H2,1-4H3/b11-7+,12-5+. The number of aryl methyl sites for hydroxylation is 1. The van der Waals surface area contributed by atoms with Crippen LogP contribution in [0.5, 0.6) is 0 Å². The Hall–Kier alpha value is -1.15. The van der Waals surface area contributed by atoms with Gasteiger partial charge in [0, 0.05) is 17.3 Å². The van der Waals surface area contributed by atoms with Crippen LogP contribution in [0.15, 0.2) is 0 Å². The topological polar surface area (TPSA) is 30.0 Å². The molecule has 0 aliphatic rings. The quantitative estimate of drug-likeness (QED) is 0.787. The number of carbonyl (C=O) groups is 1. The molecule has 0 aliphatic carbocycles. The highest BCUT2D eigenvalue weighted by Gasteiger charge is 2.03. The van der Waals surface area contributed by atoms with Gasteiger partial charge in [0.15, 0.2) is 0 Å². The molecule has 86 valence electrons. The summed E-state index contributed by atoms with van der Waals surface area (Å²) < 4.78 is 0. The van der Waals surface area contributed by atoms with Crippen molar-refractivity contribution in [2.24, 2.45) is 0 Å². The summed E-state index contributed by atoms with van der Waals surface area (Å²) in [6.07, 6.45) is 4.15. The van der Waals surface area contributed by atoms with Gasteiger partial charge in [-0.25, -0.2) is 0 Å². The van der Waals surface area contributed by atoms with Gasteiger partial charge in [0.25, 0.3) is 0 Å². The molecule has 0 saturated heterocycles. The third-order valence-corrected chi connectivity index (χ3v) is 3.03. The van der Waals surface area contributed by atoms with Gasteiger partial charge in [0.2, 0.25) is 0 Å². The molecule has 1 aromatic rings. The molecule has 1 aromatic heterocycles. The van der Waals surface area contributed by atoms with E-state index >= 15 is 0 Å². The predicted octanol–water partition coefficient (Wildman–Crippen LogP) is 1.91. The highest BCUT2D eigenvalue weighted by molar-refractivity contribution is 6.31. The highest BCUT2D eigenvalue weighted by Crippen LogP contribution is 2.10. The van der Waals surface area contributed by atoms with Crippen molar-refractivity contribution in [3.05, 3.63) is 26.8 Å². The second-order valence-corrected chi connectivity index (χ2v) is 4.21. The molecular weight excluding hydrogens is 222 g/mol. The van der Waals surface area contributed by atoms with Crippen LogP contribution < -0.4 is 10.6 Å². The molecule has 0 spiro atoms. The number of hydrogen-bond donors (Lipinski definition) is 0. The summed E-state index contributed by atoms with van der Waals surface area (Å²) >= 11 is 6.26. The average Bonchev–Trinajstić information content (AvgIpc) is 2.23. The lowest BCUT2D eigenvalue weighted by atomic mass is 10.1. The SMILES string of the molecule is C/C=c1/nc(C)c(C)c(Cl)/c1=C/CC(C)=O. The smallest absolute Gasteiger partial charge is 0.133 e. The Balaban J connectivity index is 3.55. The minimum Gasteiger partial charge on any atom is -0.300 e. The van der Waals surface area contributed by atoms with E-state index in [-0.39, 0.29) is 5.78 Å². The summed E-state index contributed by atoms with van der Waals surface area (Å²) in [6.45, 7) is 7.35. The average molecular weight is 238 g/mol. The summed E-state index contributed by atoms with van der Waals surface area (Å²) in [6, 6.07) is 0. The third-order valence-electron chi connectivity index (χ3n) is 2.54. The van der Waals surface area contributed by atoms with Gasteiger partial charge < -0.3 is 0 Å². The van der Waals surface area contributed by atoms with Crippen molar-refractivity contribution in [1.29, 1.82) is 0 Å². The Kier molecular flexibility index (Phi) is 4.25. The molecule has 0 saturated carbocycles. The first-order valence-corrected chi connectivity index (χ1v) is 5.63. The number of Topliss-reactive ketones (excluding diaryl/α,β-unsaturated/α-hetero) is 1.